The van der Waals surface area contributed by atoms with E-state index < -0.39 is 17.8 Å². The number of thiocarbonyl (C=S) groups is 1. The Balaban J connectivity index is 1.93. The Kier molecular flexibility index (Phi) is 7.40. The fraction of sp³-hybridized carbons (Fsp3) is 0.167. The first kappa shape index (κ1) is 20.8. The Bertz CT molecular complexity index is 903. The molecule has 9 nitrogen and oxygen atoms in total. The number of aromatic nitrogens is 1. The molecule has 0 bridgehead atoms. The Morgan fingerprint density at radius 3 is 2.64 bits per heavy atom. The minimum atomic E-state index is -0.944. The first-order valence-corrected chi connectivity index (χ1v) is 8.66. The maximum atomic E-state index is 12.2. The minimum absolute atomic E-state index is 0.0750. The number of hydrogen-bond donors (Lipinski definition) is 5. The number of aliphatic carboxylic acids is 1. The van der Waals surface area contributed by atoms with E-state index >= 15 is 0 Å². The van der Waals surface area contributed by atoms with Gasteiger partial charge in [-0.2, -0.15) is 0 Å². The maximum absolute atomic E-state index is 12.2. The topological polar surface area (TPSA) is 146 Å². The summed E-state index contributed by atoms with van der Waals surface area (Å²) in [6.07, 6.45) is 1.63. The van der Waals surface area contributed by atoms with Crippen LogP contribution < -0.4 is 21.7 Å². The SMILES string of the molecule is NC(=S)Nc1cccc(C(=O)NCC(=O)Nc2ncccc2CCC(=O)O)c1. The number of hydrogen-bond acceptors (Lipinski definition) is 5. The van der Waals surface area contributed by atoms with Crippen LogP contribution in [0.3, 0.4) is 0 Å². The minimum Gasteiger partial charge on any atom is -0.481 e. The van der Waals surface area contributed by atoms with Crippen molar-refractivity contribution in [3.05, 3.63) is 53.7 Å². The van der Waals surface area contributed by atoms with Crippen LogP contribution in [0.1, 0.15) is 22.3 Å². The van der Waals surface area contributed by atoms with Crippen LogP contribution in [-0.4, -0.2) is 39.5 Å². The monoisotopic (exact) mass is 401 g/mol. The molecule has 0 aliphatic rings. The molecule has 0 atom stereocenters. The van der Waals surface area contributed by atoms with Crippen molar-refractivity contribution in [2.75, 3.05) is 17.2 Å². The van der Waals surface area contributed by atoms with Crippen molar-refractivity contribution >= 4 is 46.6 Å². The number of amides is 2. The van der Waals surface area contributed by atoms with Gasteiger partial charge in [0.05, 0.1) is 6.54 Å². The summed E-state index contributed by atoms with van der Waals surface area (Å²) >= 11 is 4.75. The lowest BCUT2D eigenvalue weighted by Gasteiger charge is -2.10. The van der Waals surface area contributed by atoms with Gasteiger partial charge in [0.15, 0.2) is 5.11 Å². The zero-order valence-electron chi connectivity index (χ0n) is 14.8. The summed E-state index contributed by atoms with van der Waals surface area (Å²) in [6.45, 7) is -0.277. The third-order valence-corrected chi connectivity index (χ3v) is 3.66. The van der Waals surface area contributed by atoms with Gasteiger partial charge in [-0.3, -0.25) is 14.4 Å². The number of carboxylic acids is 1. The smallest absolute Gasteiger partial charge is 0.303 e. The first-order valence-electron chi connectivity index (χ1n) is 8.25. The summed E-state index contributed by atoms with van der Waals surface area (Å²) in [5.41, 5.74) is 6.88. The van der Waals surface area contributed by atoms with Crippen molar-refractivity contribution in [3.63, 3.8) is 0 Å². The number of pyridine rings is 1. The molecular formula is C18H19N5O4S. The van der Waals surface area contributed by atoms with Crippen LogP contribution >= 0.6 is 12.2 Å². The summed E-state index contributed by atoms with van der Waals surface area (Å²) in [4.78, 5) is 39.1. The van der Waals surface area contributed by atoms with Crippen molar-refractivity contribution < 1.29 is 19.5 Å². The number of carbonyl (C=O) groups excluding carboxylic acids is 2. The van der Waals surface area contributed by atoms with Crippen LogP contribution in [0.4, 0.5) is 11.5 Å². The molecule has 1 heterocycles. The Labute approximate surface area is 166 Å². The largest absolute Gasteiger partial charge is 0.481 e. The molecule has 1 aromatic heterocycles. The van der Waals surface area contributed by atoms with Crippen LogP contribution in [0.15, 0.2) is 42.6 Å². The predicted molar refractivity (Wildman–Crippen MR) is 108 cm³/mol. The molecule has 1 aromatic carbocycles. The van der Waals surface area contributed by atoms with Gasteiger partial charge in [0.1, 0.15) is 5.82 Å². The Morgan fingerprint density at radius 2 is 1.93 bits per heavy atom. The zero-order valence-corrected chi connectivity index (χ0v) is 15.6. The van der Waals surface area contributed by atoms with Crippen molar-refractivity contribution in [1.82, 2.24) is 10.3 Å². The molecule has 0 spiro atoms. The first-order chi connectivity index (χ1) is 13.3. The number of carboxylic acid groups (broad SMARTS) is 1. The van der Waals surface area contributed by atoms with E-state index in [0.717, 1.165) is 0 Å². The molecule has 0 unspecified atom stereocenters. The number of benzene rings is 1. The highest BCUT2D eigenvalue weighted by atomic mass is 32.1. The summed E-state index contributed by atoms with van der Waals surface area (Å²) < 4.78 is 0. The van der Waals surface area contributed by atoms with E-state index in [1.54, 1.807) is 36.4 Å². The van der Waals surface area contributed by atoms with Crippen LogP contribution in [0, 0.1) is 0 Å². The molecule has 28 heavy (non-hydrogen) atoms. The van der Waals surface area contributed by atoms with E-state index in [-0.39, 0.29) is 30.3 Å². The van der Waals surface area contributed by atoms with Crippen LogP contribution in [0.2, 0.25) is 0 Å². The Hall–Kier alpha value is -3.53. The third kappa shape index (κ3) is 6.65. The second kappa shape index (κ2) is 9.97. The van der Waals surface area contributed by atoms with Gasteiger partial charge in [0.25, 0.3) is 5.91 Å². The molecule has 2 rings (SSSR count). The van der Waals surface area contributed by atoms with Crippen LogP contribution in [-0.2, 0) is 16.0 Å². The van der Waals surface area contributed by atoms with Crippen molar-refractivity contribution in [3.8, 4) is 0 Å². The molecule has 0 saturated carbocycles. The highest BCUT2D eigenvalue weighted by Gasteiger charge is 2.12. The van der Waals surface area contributed by atoms with Crippen LogP contribution in [0.5, 0.6) is 0 Å². The second-order valence-electron chi connectivity index (χ2n) is 5.71. The van der Waals surface area contributed by atoms with E-state index in [1.807, 2.05) is 0 Å². The number of nitrogens with zero attached hydrogens (tertiary/aromatic N) is 1. The molecule has 0 aliphatic carbocycles. The number of carbonyl (C=O) groups is 3. The van der Waals surface area contributed by atoms with Crippen molar-refractivity contribution in [2.24, 2.45) is 5.73 Å². The zero-order chi connectivity index (χ0) is 20.5. The van der Waals surface area contributed by atoms with Gasteiger partial charge in [-0.1, -0.05) is 12.1 Å². The van der Waals surface area contributed by atoms with Gasteiger partial charge in [0.2, 0.25) is 5.91 Å². The molecule has 0 radical (unpaired) electrons. The number of nitrogens with two attached hydrogens (primary N) is 1. The van der Waals surface area contributed by atoms with Crippen molar-refractivity contribution in [1.29, 1.82) is 0 Å². The fourth-order valence-corrected chi connectivity index (χ4v) is 2.43. The molecule has 146 valence electrons. The summed E-state index contributed by atoms with van der Waals surface area (Å²) in [5, 5.41) is 16.7. The van der Waals surface area contributed by atoms with Crippen molar-refractivity contribution in [2.45, 2.75) is 12.8 Å². The molecule has 10 heteroatoms. The summed E-state index contributed by atoms with van der Waals surface area (Å²) in [7, 11) is 0. The number of nitrogens with one attached hydrogen (secondary N) is 3. The fourth-order valence-electron chi connectivity index (χ4n) is 2.31. The lowest BCUT2D eigenvalue weighted by atomic mass is 10.1. The van der Waals surface area contributed by atoms with E-state index in [2.05, 4.69) is 20.9 Å². The molecular weight excluding hydrogens is 382 g/mol. The highest BCUT2D eigenvalue weighted by Crippen LogP contribution is 2.14. The molecule has 6 N–H and O–H groups in total. The average molecular weight is 401 g/mol. The van der Waals surface area contributed by atoms with E-state index in [9.17, 15) is 14.4 Å². The second-order valence-corrected chi connectivity index (χ2v) is 6.15. The van der Waals surface area contributed by atoms with Gasteiger partial charge in [-0.15, -0.1) is 0 Å². The van der Waals surface area contributed by atoms with E-state index in [0.29, 0.717) is 16.8 Å². The van der Waals surface area contributed by atoms with Gasteiger partial charge < -0.3 is 26.8 Å². The number of anilines is 2. The van der Waals surface area contributed by atoms with Gasteiger partial charge in [-0.05, 0) is 48.5 Å². The third-order valence-electron chi connectivity index (χ3n) is 3.56. The molecule has 0 aliphatic heterocycles. The lowest BCUT2D eigenvalue weighted by Crippen LogP contribution is -2.33. The number of aryl methyl sites for hydroxylation is 1. The maximum Gasteiger partial charge on any atom is 0.303 e. The predicted octanol–water partition coefficient (Wildman–Crippen LogP) is 1.12. The standard InChI is InChI=1S/C18H19N5O4S/c19-18(28)22-13-5-1-3-12(9-13)17(27)21-10-14(24)23-16-11(4-2-8-20-16)6-7-15(25)26/h1-5,8-9H,6-7,10H2,(H,21,27)(H,25,26)(H3,19,22,28)(H,20,23,24). The van der Waals surface area contributed by atoms with Gasteiger partial charge in [-0.25, -0.2) is 4.98 Å². The van der Waals surface area contributed by atoms with Gasteiger partial charge >= 0.3 is 5.97 Å². The summed E-state index contributed by atoms with van der Waals surface area (Å²) in [5.74, 6) is -1.61. The Morgan fingerprint density at radius 1 is 1.14 bits per heavy atom. The highest BCUT2D eigenvalue weighted by molar-refractivity contribution is 7.80. The van der Waals surface area contributed by atoms with E-state index in [4.69, 9.17) is 23.1 Å². The quantitative estimate of drug-likeness (QED) is 0.414. The normalized spacial score (nSPS) is 10.0. The summed E-state index contributed by atoms with van der Waals surface area (Å²) in [6, 6.07) is 9.82. The lowest BCUT2D eigenvalue weighted by molar-refractivity contribution is -0.136. The number of rotatable bonds is 8. The average Bonchev–Trinajstić information content (AvgIpc) is 2.65. The molecule has 0 fully saturated rings. The van der Waals surface area contributed by atoms with E-state index in [1.165, 1.54) is 6.20 Å². The van der Waals surface area contributed by atoms with Crippen LogP contribution in [0.25, 0.3) is 0 Å². The molecule has 0 saturated heterocycles. The van der Waals surface area contributed by atoms with Gasteiger partial charge in [0, 0.05) is 23.9 Å². The molecule has 2 amide bonds. The molecule has 2 aromatic rings.